The lowest BCUT2D eigenvalue weighted by atomic mass is 9.90. The minimum absolute atomic E-state index is 0.141. The van der Waals surface area contributed by atoms with Crippen LogP contribution in [0.4, 0.5) is 10.6 Å². The Morgan fingerprint density at radius 1 is 1.23 bits per heavy atom. The molecular formula is C21H30N4O3S2. The van der Waals surface area contributed by atoms with Crippen molar-refractivity contribution in [1.29, 1.82) is 0 Å². The normalized spacial score (nSPS) is 21.7. The molecule has 1 atom stereocenters. The fraction of sp³-hybridized carbons (Fsp3) is 0.667. The summed E-state index contributed by atoms with van der Waals surface area (Å²) < 4.78 is 11.4. The van der Waals surface area contributed by atoms with Gasteiger partial charge in [0.1, 0.15) is 10.6 Å². The van der Waals surface area contributed by atoms with Crippen LogP contribution in [-0.4, -0.2) is 65.1 Å². The predicted octanol–water partition coefficient (Wildman–Crippen LogP) is 4.32. The molecule has 0 saturated carbocycles. The van der Waals surface area contributed by atoms with Gasteiger partial charge in [-0.1, -0.05) is 25.6 Å². The summed E-state index contributed by atoms with van der Waals surface area (Å²) in [4.78, 5) is 28.4. The summed E-state index contributed by atoms with van der Waals surface area (Å²) in [5.41, 5.74) is 1.21. The second kappa shape index (κ2) is 8.88. The number of hydrogen-bond acceptors (Lipinski definition) is 8. The molecule has 164 valence electrons. The third kappa shape index (κ3) is 4.11. The Kier molecular flexibility index (Phi) is 6.41. The maximum atomic E-state index is 12.1. The van der Waals surface area contributed by atoms with Crippen LogP contribution in [0.15, 0.2) is 5.16 Å². The number of thiophene rings is 1. The van der Waals surface area contributed by atoms with E-state index in [1.165, 1.54) is 15.8 Å². The fourth-order valence-corrected chi connectivity index (χ4v) is 5.72. The molecule has 9 heteroatoms. The Balaban J connectivity index is 1.70. The first kappa shape index (κ1) is 21.6. The van der Waals surface area contributed by atoms with Crippen LogP contribution >= 0.6 is 23.1 Å². The van der Waals surface area contributed by atoms with Crippen LogP contribution in [0.2, 0.25) is 0 Å². The van der Waals surface area contributed by atoms with Crippen molar-refractivity contribution in [2.45, 2.75) is 57.9 Å². The Hall–Kier alpha value is -1.58. The zero-order valence-electron chi connectivity index (χ0n) is 18.2. The highest BCUT2D eigenvalue weighted by Gasteiger charge is 2.34. The van der Waals surface area contributed by atoms with E-state index in [1.54, 1.807) is 28.0 Å². The molecule has 1 saturated heterocycles. The Bertz CT molecular complexity index is 927. The van der Waals surface area contributed by atoms with E-state index in [-0.39, 0.29) is 11.7 Å². The van der Waals surface area contributed by atoms with Crippen molar-refractivity contribution in [2.24, 2.45) is 0 Å². The summed E-state index contributed by atoms with van der Waals surface area (Å²) in [6.07, 6.45) is 1.64. The third-order valence-electron chi connectivity index (χ3n) is 5.92. The molecule has 7 nitrogen and oxygen atoms in total. The van der Waals surface area contributed by atoms with E-state index >= 15 is 0 Å². The van der Waals surface area contributed by atoms with Gasteiger partial charge in [0.05, 0.1) is 24.2 Å². The summed E-state index contributed by atoms with van der Waals surface area (Å²) >= 11 is 3.41. The van der Waals surface area contributed by atoms with Crippen molar-refractivity contribution in [3.05, 3.63) is 10.4 Å². The van der Waals surface area contributed by atoms with E-state index in [1.807, 2.05) is 6.92 Å². The number of anilines is 1. The summed E-state index contributed by atoms with van der Waals surface area (Å²) in [6.45, 7) is 12.2. The van der Waals surface area contributed by atoms with Crippen molar-refractivity contribution in [3.8, 4) is 0 Å². The molecule has 0 unspecified atom stereocenters. The van der Waals surface area contributed by atoms with Gasteiger partial charge in [0.2, 0.25) is 0 Å². The zero-order chi connectivity index (χ0) is 21.3. The summed E-state index contributed by atoms with van der Waals surface area (Å²) in [7, 11) is 0. The highest BCUT2D eigenvalue weighted by molar-refractivity contribution is 7.99. The summed E-state index contributed by atoms with van der Waals surface area (Å²) in [6, 6.07) is 0. The highest BCUT2D eigenvalue weighted by atomic mass is 32.2. The van der Waals surface area contributed by atoms with Crippen LogP contribution in [0.3, 0.4) is 0 Å². The van der Waals surface area contributed by atoms with Crippen molar-refractivity contribution >= 4 is 45.2 Å². The van der Waals surface area contributed by atoms with Crippen molar-refractivity contribution in [1.82, 2.24) is 14.9 Å². The highest BCUT2D eigenvalue weighted by Crippen LogP contribution is 2.43. The number of thioether (sulfide) groups is 1. The number of piperazine rings is 1. The van der Waals surface area contributed by atoms with Crippen molar-refractivity contribution < 1.29 is 14.3 Å². The summed E-state index contributed by atoms with van der Waals surface area (Å²) in [5.74, 6) is 1.95. The topological polar surface area (TPSA) is 67.8 Å². The lowest BCUT2D eigenvalue weighted by molar-refractivity contribution is -0.0543. The van der Waals surface area contributed by atoms with Gasteiger partial charge < -0.3 is 19.3 Å². The van der Waals surface area contributed by atoms with Gasteiger partial charge in [-0.25, -0.2) is 14.8 Å². The average Bonchev–Trinajstić information content (AvgIpc) is 3.11. The maximum absolute atomic E-state index is 12.1. The molecule has 0 aliphatic carbocycles. The lowest BCUT2D eigenvalue weighted by Gasteiger charge is -2.36. The average molecular weight is 451 g/mol. The number of rotatable bonds is 5. The Morgan fingerprint density at radius 2 is 2.00 bits per heavy atom. The van der Waals surface area contributed by atoms with Crippen LogP contribution < -0.4 is 4.90 Å². The van der Waals surface area contributed by atoms with Gasteiger partial charge >= 0.3 is 6.09 Å². The second-order valence-electron chi connectivity index (χ2n) is 7.89. The van der Waals surface area contributed by atoms with E-state index in [2.05, 4.69) is 25.7 Å². The van der Waals surface area contributed by atoms with E-state index in [9.17, 15) is 4.79 Å². The number of hydrogen-bond donors (Lipinski definition) is 0. The molecule has 1 fully saturated rings. The van der Waals surface area contributed by atoms with Crippen molar-refractivity contribution in [3.63, 3.8) is 0 Å². The molecule has 0 aromatic carbocycles. The first-order valence-corrected chi connectivity index (χ1v) is 12.5. The molecule has 2 aromatic rings. The van der Waals surface area contributed by atoms with Gasteiger partial charge in [-0.2, -0.15) is 0 Å². The first-order chi connectivity index (χ1) is 14.5. The minimum Gasteiger partial charge on any atom is -0.450 e. The molecule has 0 bridgehead atoms. The number of carbonyl (C=O) groups is 1. The van der Waals surface area contributed by atoms with E-state index < -0.39 is 0 Å². The molecule has 0 spiro atoms. The lowest BCUT2D eigenvalue weighted by Crippen LogP contribution is -2.49. The third-order valence-corrected chi connectivity index (χ3v) is 7.75. The second-order valence-corrected chi connectivity index (χ2v) is 10.2. The van der Waals surface area contributed by atoms with Crippen LogP contribution in [0.1, 0.15) is 44.6 Å². The van der Waals surface area contributed by atoms with Gasteiger partial charge in [0.25, 0.3) is 0 Å². The molecule has 2 aliphatic heterocycles. The van der Waals surface area contributed by atoms with Gasteiger partial charge in [0, 0.05) is 37.5 Å². The quantitative estimate of drug-likeness (QED) is 0.496. The molecule has 2 aliphatic rings. The number of carbonyl (C=O) groups excluding carboxylic acids is 1. The van der Waals surface area contributed by atoms with E-state index in [0.29, 0.717) is 26.3 Å². The zero-order valence-corrected chi connectivity index (χ0v) is 19.8. The van der Waals surface area contributed by atoms with E-state index in [0.717, 1.165) is 47.5 Å². The monoisotopic (exact) mass is 450 g/mol. The molecule has 30 heavy (non-hydrogen) atoms. The number of ether oxygens (including phenoxy) is 2. The van der Waals surface area contributed by atoms with Crippen LogP contribution in [0, 0.1) is 0 Å². The number of amides is 1. The molecule has 4 heterocycles. The number of nitrogens with zero attached hydrogens (tertiary/aromatic N) is 4. The van der Waals surface area contributed by atoms with Crippen LogP contribution in [0.25, 0.3) is 10.2 Å². The molecular weight excluding hydrogens is 420 g/mol. The van der Waals surface area contributed by atoms with E-state index in [4.69, 9.17) is 19.4 Å². The Morgan fingerprint density at radius 3 is 2.67 bits per heavy atom. The standard InChI is InChI=1S/C21H30N4O3S2/c1-5-21(4)12-14-15(13-28-21)30-18-16(14)17(22-19(23-18)29-7-3)24-8-10-25(11-9-24)20(26)27-6-2/h5-13H2,1-4H3/t21-/m1/s1. The molecule has 1 amide bonds. The fourth-order valence-electron chi connectivity index (χ4n) is 4.00. The van der Waals surface area contributed by atoms with Gasteiger partial charge in [-0.15, -0.1) is 11.3 Å². The molecule has 0 radical (unpaired) electrons. The number of fused-ring (bicyclic) bond motifs is 3. The molecule has 4 rings (SSSR count). The largest absolute Gasteiger partial charge is 0.450 e. The molecule has 2 aromatic heterocycles. The van der Waals surface area contributed by atoms with Gasteiger partial charge in [-0.05, 0) is 31.6 Å². The van der Waals surface area contributed by atoms with Crippen LogP contribution in [-0.2, 0) is 22.5 Å². The van der Waals surface area contributed by atoms with Gasteiger partial charge in [-0.3, -0.25) is 0 Å². The van der Waals surface area contributed by atoms with Crippen LogP contribution in [0.5, 0.6) is 0 Å². The van der Waals surface area contributed by atoms with Gasteiger partial charge in [0.15, 0.2) is 5.16 Å². The predicted molar refractivity (Wildman–Crippen MR) is 122 cm³/mol. The molecule has 0 N–H and O–H groups in total. The Labute approximate surface area is 186 Å². The minimum atomic E-state index is -0.226. The maximum Gasteiger partial charge on any atom is 0.409 e. The first-order valence-electron chi connectivity index (χ1n) is 10.7. The smallest absolute Gasteiger partial charge is 0.409 e. The SMILES string of the molecule is CCOC(=O)N1CCN(c2nc(SCC)nc3sc4c(c23)C[C@@](C)(CC)OC4)CC1. The summed E-state index contributed by atoms with van der Waals surface area (Å²) in [5, 5.41) is 2.01. The van der Waals surface area contributed by atoms with Crippen molar-refractivity contribution in [2.75, 3.05) is 43.4 Å². The number of aromatic nitrogens is 2.